The largest absolute Gasteiger partial charge is 0.477 e. The van der Waals surface area contributed by atoms with Gasteiger partial charge in [0.25, 0.3) is 0 Å². The average molecular weight is 193 g/mol. The van der Waals surface area contributed by atoms with E-state index in [0.29, 0.717) is 5.69 Å². The fourth-order valence-corrected chi connectivity index (χ4v) is 1.03. The molecule has 1 heterocycles. The van der Waals surface area contributed by atoms with Crippen LogP contribution in [-0.4, -0.2) is 20.9 Å². The van der Waals surface area contributed by atoms with Crippen molar-refractivity contribution in [3.63, 3.8) is 0 Å². The summed E-state index contributed by atoms with van der Waals surface area (Å²) in [5, 5.41) is 21.6. The van der Waals surface area contributed by atoms with Gasteiger partial charge in [0, 0.05) is 7.05 Å². The van der Waals surface area contributed by atoms with E-state index in [1.807, 2.05) is 0 Å². The molecule has 0 unspecified atom stereocenters. The fraction of sp³-hybridized carbons (Fsp3) is 0.444. The van der Waals surface area contributed by atoms with Gasteiger partial charge in [-0.2, -0.15) is 10.4 Å². The van der Waals surface area contributed by atoms with E-state index in [9.17, 15) is 4.79 Å². The molecule has 0 saturated carbocycles. The molecule has 1 N–H and O–H groups in total. The highest BCUT2D eigenvalue weighted by molar-refractivity contribution is 5.85. The zero-order chi connectivity index (χ0) is 10.9. The highest BCUT2D eigenvalue weighted by Gasteiger charge is 2.25. The van der Waals surface area contributed by atoms with Gasteiger partial charge in [0.05, 0.1) is 17.2 Å². The molecular formula is C9H11N3O2. The van der Waals surface area contributed by atoms with Crippen molar-refractivity contribution in [3.05, 3.63) is 17.5 Å². The Balaban J connectivity index is 3.23. The number of nitriles is 1. The first kappa shape index (κ1) is 10.3. The molecule has 0 atom stereocenters. The lowest BCUT2D eigenvalue weighted by molar-refractivity contribution is 0.0685. The van der Waals surface area contributed by atoms with Gasteiger partial charge in [-0.25, -0.2) is 4.79 Å². The molecule has 0 aliphatic rings. The number of aromatic nitrogens is 2. The Bertz CT molecular complexity index is 412. The standard InChI is InChI=1S/C9H11N3O2/c1-9(2,5-10)7-4-6(8(13)14)12(3)11-7/h4H,1-3H3,(H,13,14). The number of carboxylic acid groups (broad SMARTS) is 1. The first-order chi connectivity index (χ1) is 6.38. The van der Waals surface area contributed by atoms with Crippen LogP contribution < -0.4 is 0 Å². The van der Waals surface area contributed by atoms with Crippen LogP contribution in [0.5, 0.6) is 0 Å². The third-order valence-electron chi connectivity index (χ3n) is 2.02. The van der Waals surface area contributed by atoms with Gasteiger partial charge in [0.1, 0.15) is 5.69 Å². The highest BCUT2D eigenvalue weighted by atomic mass is 16.4. The van der Waals surface area contributed by atoms with Gasteiger partial charge in [0.2, 0.25) is 0 Å². The third-order valence-corrected chi connectivity index (χ3v) is 2.02. The predicted molar refractivity (Wildman–Crippen MR) is 48.8 cm³/mol. The molecule has 0 amide bonds. The van der Waals surface area contributed by atoms with Crippen LogP contribution in [-0.2, 0) is 12.5 Å². The number of rotatable bonds is 2. The number of aromatic carboxylic acids is 1. The summed E-state index contributed by atoms with van der Waals surface area (Å²) in [5.74, 6) is -1.04. The van der Waals surface area contributed by atoms with Crippen LogP contribution >= 0.6 is 0 Å². The molecular weight excluding hydrogens is 182 g/mol. The lowest BCUT2D eigenvalue weighted by atomic mass is 9.91. The van der Waals surface area contributed by atoms with Gasteiger partial charge in [-0.15, -0.1) is 0 Å². The van der Waals surface area contributed by atoms with E-state index < -0.39 is 11.4 Å². The maximum absolute atomic E-state index is 10.7. The Labute approximate surface area is 81.6 Å². The summed E-state index contributed by atoms with van der Waals surface area (Å²) >= 11 is 0. The Morgan fingerprint density at radius 1 is 1.71 bits per heavy atom. The second-order valence-corrected chi connectivity index (χ2v) is 3.58. The van der Waals surface area contributed by atoms with E-state index in [1.165, 1.54) is 10.7 Å². The van der Waals surface area contributed by atoms with E-state index in [-0.39, 0.29) is 5.69 Å². The molecule has 0 aliphatic heterocycles. The van der Waals surface area contributed by atoms with Crippen LogP contribution in [0.2, 0.25) is 0 Å². The summed E-state index contributed by atoms with van der Waals surface area (Å²) < 4.78 is 1.26. The first-order valence-electron chi connectivity index (χ1n) is 4.07. The molecule has 1 rings (SSSR count). The lowest BCUT2D eigenvalue weighted by Gasteiger charge is -2.10. The zero-order valence-electron chi connectivity index (χ0n) is 8.27. The van der Waals surface area contributed by atoms with Gasteiger partial charge < -0.3 is 5.11 Å². The molecule has 14 heavy (non-hydrogen) atoms. The molecule has 1 aromatic heterocycles. The third kappa shape index (κ3) is 1.59. The molecule has 0 aliphatic carbocycles. The van der Waals surface area contributed by atoms with Crippen molar-refractivity contribution in [2.75, 3.05) is 0 Å². The van der Waals surface area contributed by atoms with Crippen LogP contribution in [0.4, 0.5) is 0 Å². The quantitative estimate of drug-likeness (QED) is 0.757. The van der Waals surface area contributed by atoms with E-state index in [1.54, 1.807) is 20.9 Å². The number of carbonyl (C=O) groups is 1. The normalized spacial score (nSPS) is 11.0. The van der Waals surface area contributed by atoms with E-state index in [4.69, 9.17) is 10.4 Å². The molecule has 0 aromatic carbocycles. The summed E-state index contributed by atoms with van der Waals surface area (Å²) in [4.78, 5) is 10.7. The number of hydrogen-bond donors (Lipinski definition) is 1. The smallest absolute Gasteiger partial charge is 0.354 e. The Kier molecular flexibility index (Phi) is 2.30. The number of aryl methyl sites for hydroxylation is 1. The number of carboxylic acids is 1. The maximum atomic E-state index is 10.7. The van der Waals surface area contributed by atoms with E-state index in [0.717, 1.165) is 0 Å². The van der Waals surface area contributed by atoms with Crippen molar-refractivity contribution in [2.24, 2.45) is 7.05 Å². The molecule has 1 aromatic rings. The fourth-order valence-electron chi connectivity index (χ4n) is 1.03. The van der Waals surface area contributed by atoms with E-state index in [2.05, 4.69) is 11.2 Å². The van der Waals surface area contributed by atoms with E-state index >= 15 is 0 Å². The second kappa shape index (κ2) is 3.14. The van der Waals surface area contributed by atoms with Gasteiger partial charge in [-0.1, -0.05) is 0 Å². The summed E-state index contributed by atoms with van der Waals surface area (Å²) in [7, 11) is 1.54. The van der Waals surface area contributed by atoms with Gasteiger partial charge in [-0.05, 0) is 19.9 Å². The predicted octanol–water partition coefficient (Wildman–Crippen LogP) is 0.919. The van der Waals surface area contributed by atoms with Crippen LogP contribution in [0.1, 0.15) is 30.0 Å². The Morgan fingerprint density at radius 2 is 2.29 bits per heavy atom. The molecule has 0 radical (unpaired) electrons. The zero-order valence-corrected chi connectivity index (χ0v) is 8.27. The van der Waals surface area contributed by atoms with Crippen LogP contribution in [0.15, 0.2) is 6.07 Å². The lowest BCUT2D eigenvalue weighted by Crippen LogP contribution is -2.14. The van der Waals surface area contributed by atoms with Crippen LogP contribution in [0.3, 0.4) is 0 Å². The SMILES string of the molecule is Cn1nc(C(C)(C)C#N)cc1C(=O)O. The van der Waals surface area contributed by atoms with Crippen LogP contribution in [0.25, 0.3) is 0 Å². The number of hydrogen-bond acceptors (Lipinski definition) is 3. The average Bonchev–Trinajstić information content (AvgIpc) is 2.48. The van der Waals surface area contributed by atoms with Gasteiger partial charge in [0.15, 0.2) is 0 Å². The first-order valence-corrected chi connectivity index (χ1v) is 4.07. The molecule has 0 fully saturated rings. The summed E-state index contributed by atoms with van der Waals surface area (Å²) in [5.41, 5.74) is -0.200. The van der Waals surface area contributed by atoms with Crippen molar-refractivity contribution >= 4 is 5.97 Å². The summed E-state index contributed by atoms with van der Waals surface area (Å²) in [6.45, 7) is 3.39. The minimum absolute atomic E-state index is 0.0864. The van der Waals surface area contributed by atoms with Crippen molar-refractivity contribution in [1.29, 1.82) is 5.26 Å². The van der Waals surface area contributed by atoms with Crippen molar-refractivity contribution in [3.8, 4) is 6.07 Å². The Morgan fingerprint density at radius 3 is 2.64 bits per heavy atom. The molecule has 0 saturated heterocycles. The van der Waals surface area contributed by atoms with Crippen molar-refractivity contribution < 1.29 is 9.90 Å². The van der Waals surface area contributed by atoms with Gasteiger partial charge >= 0.3 is 5.97 Å². The maximum Gasteiger partial charge on any atom is 0.354 e. The minimum Gasteiger partial charge on any atom is -0.477 e. The monoisotopic (exact) mass is 193 g/mol. The Hall–Kier alpha value is -1.83. The molecule has 0 bridgehead atoms. The molecule has 0 spiro atoms. The second-order valence-electron chi connectivity index (χ2n) is 3.58. The summed E-state index contributed by atoms with van der Waals surface area (Å²) in [6, 6.07) is 3.49. The highest BCUT2D eigenvalue weighted by Crippen LogP contribution is 2.21. The summed E-state index contributed by atoms with van der Waals surface area (Å²) in [6.07, 6.45) is 0. The minimum atomic E-state index is -1.04. The van der Waals surface area contributed by atoms with Gasteiger partial charge in [-0.3, -0.25) is 4.68 Å². The van der Waals surface area contributed by atoms with Crippen molar-refractivity contribution in [2.45, 2.75) is 19.3 Å². The molecule has 74 valence electrons. The molecule has 5 nitrogen and oxygen atoms in total. The number of nitrogens with zero attached hydrogens (tertiary/aromatic N) is 3. The van der Waals surface area contributed by atoms with Crippen LogP contribution in [0, 0.1) is 11.3 Å². The molecule has 5 heteroatoms. The van der Waals surface area contributed by atoms with Crippen molar-refractivity contribution in [1.82, 2.24) is 9.78 Å². The topological polar surface area (TPSA) is 78.9 Å².